The van der Waals surface area contributed by atoms with Crippen LogP contribution in [-0.2, 0) is 0 Å². The van der Waals surface area contributed by atoms with E-state index in [2.05, 4.69) is 62.3 Å². The third-order valence-corrected chi connectivity index (χ3v) is 3.01. The van der Waals surface area contributed by atoms with Crippen LogP contribution in [0.25, 0.3) is 0 Å². The first-order valence-electron chi connectivity index (χ1n) is 7.36. The Kier molecular flexibility index (Phi) is 12.9. The molecule has 122 valence electrons. The van der Waals surface area contributed by atoms with Crippen molar-refractivity contribution < 1.29 is 0 Å². The molecule has 1 unspecified atom stereocenters. The van der Waals surface area contributed by atoms with Crippen molar-refractivity contribution >= 4 is 29.9 Å². The fraction of sp³-hybridized carbons (Fsp3) is 0.933. The van der Waals surface area contributed by atoms with Gasteiger partial charge in [-0.3, -0.25) is 4.99 Å². The molecule has 0 spiro atoms. The van der Waals surface area contributed by atoms with Gasteiger partial charge in [-0.2, -0.15) is 0 Å². The van der Waals surface area contributed by atoms with Gasteiger partial charge in [0.15, 0.2) is 5.96 Å². The SMILES string of the molecule is CN=C(NCCCN(C)C)NC(C)CCC(C)(C)C.I. The van der Waals surface area contributed by atoms with Gasteiger partial charge in [0.1, 0.15) is 0 Å². The van der Waals surface area contributed by atoms with Gasteiger partial charge >= 0.3 is 0 Å². The molecule has 0 rings (SSSR count). The molecule has 2 N–H and O–H groups in total. The minimum atomic E-state index is 0. The van der Waals surface area contributed by atoms with Crippen molar-refractivity contribution in [3.63, 3.8) is 0 Å². The van der Waals surface area contributed by atoms with Crippen LogP contribution >= 0.6 is 24.0 Å². The maximum Gasteiger partial charge on any atom is 0.191 e. The highest BCUT2D eigenvalue weighted by Gasteiger charge is 2.13. The quantitative estimate of drug-likeness (QED) is 0.300. The molecule has 5 heteroatoms. The summed E-state index contributed by atoms with van der Waals surface area (Å²) in [5.41, 5.74) is 0.401. The lowest BCUT2D eigenvalue weighted by Gasteiger charge is -2.23. The zero-order chi connectivity index (χ0) is 14.9. The molecule has 1 atom stereocenters. The number of halogens is 1. The molecule has 0 bridgehead atoms. The lowest BCUT2D eigenvalue weighted by Crippen LogP contribution is -2.43. The van der Waals surface area contributed by atoms with Gasteiger partial charge in [-0.05, 0) is 52.2 Å². The average molecular weight is 398 g/mol. The second-order valence-electron chi connectivity index (χ2n) is 6.80. The zero-order valence-electron chi connectivity index (χ0n) is 14.4. The highest BCUT2D eigenvalue weighted by Crippen LogP contribution is 2.21. The van der Waals surface area contributed by atoms with Crippen molar-refractivity contribution in [2.75, 3.05) is 34.2 Å². The highest BCUT2D eigenvalue weighted by atomic mass is 127. The fourth-order valence-corrected chi connectivity index (χ4v) is 1.75. The zero-order valence-corrected chi connectivity index (χ0v) is 16.7. The van der Waals surface area contributed by atoms with Crippen molar-refractivity contribution in [3.05, 3.63) is 0 Å². The minimum Gasteiger partial charge on any atom is -0.356 e. The summed E-state index contributed by atoms with van der Waals surface area (Å²) in [7, 11) is 6.03. The number of hydrogen-bond donors (Lipinski definition) is 2. The molecule has 0 heterocycles. The second kappa shape index (κ2) is 11.6. The summed E-state index contributed by atoms with van der Waals surface area (Å²) in [5.74, 6) is 0.917. The van der Waals surface area contributed by atoms with E-state index in [1.807, 2.05) is 7.05 Å². The van der Waals surface area contributed by atoms with Crippen molar-refractivity contribution in [2.24, 2.45) is 10.4 Å². The Labute approximate surface area is 143 Å². The number of nitrogens with zero attached hydrogens (tertiary/aromatic N) is 2. The van der Waals surface area contributed by atoms with Crippen molar-refractivity contribution in [3.8, 4) is 0 Å². The molecule has 0 fully saturated rings. The molecule has 0 radical (unpaired) electrons. The van der Waals surface area contributed by atoms with Crippen LogP contribution < -0.4 is 10.6 Å². The van der Waals surface area contributed by atoms with Gasteiger partial charge in [-0.25, -0.2) is 0 Å². The Balaban J connectivity index is 0. The smallest absolute Gasteiger partial charge is 0.191 e. The average Bonchev–Trinajstić information content (AvgIpc) is 2.29. The van der Waals surface area contributed by atoms with E-state index >= 15 is 0 Å². The topological polar surface area (TPSA) is 39.7 Å². The first-order valence-corrected chi connectivity index (χ1v) is 7.36. The van der Waals surface area contributed by atoms with Crippen molar-refractivity contribution in [2.45, 2.75) is 53.0 Å². The standard InChI is InChI=1S/C15H34N4.HI/c1-13(9-10-15(2,3)4)18-14(16-5)17-11-8-12-19(6)7;/h13H,8-12H2,1-7H3,(H2,16,17,18);1H. The van der Waals surface area contributed by atoms with Gasteiger partial charge in [-0.1, -0.05) is 20.8 Å². The Bertz CT molecular complexity index is 259. The Morgan fingerprint density at radius 2 is 1.85 bits per heavy atom. The van der Waals surface area contributed by atoms with Crippen LogP contribution in [0.2, 0.25) is 0 Å². The molecular formula is C15H35IN4. The Hall–Kier alpha value is -0.0400. The van der Waals surface area contributed by atoms with Crippen LogP contribution in [0.15, 0.2) is 4.99 Å². The Morgan fingerprint density at radius 3 is 2.30 bits per heavy atom. The normalized spacial score (nSPS) is 13.9. The third-order valence-electron chi connectivity index (χ3n) is 3.01. The molecule has 0 aromatic heterocycles. The van der Waals surface area contributed by atoms with E-state index in [0.29, 0.717) is 11.5 Å². The lowest BCUT2D eigenvalue weighted by molar-refractivity contribution is 0.346. The molecule has 0 saturated carbocycles. The fourth-order valence-electron chi connectivity index (χ4n) is 1.75. The van der Waals surface area contributed by atoms with Crippen molar-refractivity contribution in [1.29, 1.82) is 0 Å². The summed E-state index contributed by atoms with van der Waals surface area (Å²) in [6, 6.07) is 0.458. The summed E-state index contributed by atoms with van der Waals surface area (Å²) >= 11 is 0. The maximum atomic E-state index is 4.27. The summed E-state index contributed by atoms with van der Waals surface area (Å²) in [6.45, 7) is 11.1. The van der Waals surface area contributed by atoms with Crippen LogP contribution in [0.4, 0.5) is 0 Å². The van der Waals surface area contributed by atoms with Gasteiger partial charge in [0.05, 0.1) is 0 Å². The molecule has 0 aliphatic carbocycles. The number of hydrogen-bond acceptors (Lipinski definition) is 2. The third kappa shape index (κ3) is 14.4. The number of guanidine groups is 1. The van der Waals surface area contributed by atoms with E-state index in [0.717, 1.165) is 25.5 Å². The van der Waals surface area contributed by atoms with E-state index in [-0.39, 0.29) is 24.0 Å². The van der Waals surface area contributed by atoms with E-state index in [1.165, 1.54) is 12.8 Å². The summed E-state index contributed by atoms with van der Waals surface area (Å²) in [4.78, 5) is 6.47. The second-order valence-corrected chi connectivity index (χ2v) is 6.80. The van der Waals surface area contributed by atoms with E-state index in [4.69, 9.17) is 0 Å². The number of rotatable bonds is 7. The highest BCUT2D eigenvalue weighted by molar-refractivity contribution is 14.0. The molecular weight excluding hydrogens is 363 g/mol. The summed E-state index contributed by atoms with van der Waals surface area (Å²) < 4.78 is 0. The van der Waals surface area contributed by atoms with Gasteiger partial charge < -0.3 is 15.5 Å². The molecule has 0 saturated heterocycles. The molecule has 0 amide bonds. The first kappa shape index (κ1) is 22.2. The largest absolute Gasteiger partial charge is 0.356 e. The van der Waals surface area contributed by atoms with Crippen molar-refractivity contribution in [1.82, 2.24) is 15.5 Å². The first-order chi connectivity index (χ1) is 8.74. The van der Waals surface area contributed by atoms with Crippen LogP contribution in [0, 0.1) is 5.41 Å². The van der Waals surface area contributed by atoms with Gasteiger partial charge in [-0.15, -0.1) is 24.0 Å². The van der Waals surface area contributed by atoms with Crippen LogP contribution in [0.5, 0.6) is 0 Å². The number of aliphatic imine (C=N–C) groups is 1. The maximum absolute atomic E-state index is 4.27. The molecule has 0 aliphatic rings. The predicted octanol–water partition coefficient (Wildman–Crippen LogP) is 2.94. The summed E-state index contributed by atoms with van der Waals surface area (Å²) in [5, 5.41) is 6.82. The molecule has 0 aliphatic heterocycles. The van der Waals surface area contributed by atoms with E-state index in [1.54, 1.807) is 0 Å². The van der Waals surface area contributed by atoms with Gasteiger partial charge in [0.25, 0.3) is 0 Å². The van der Waals surface area contributed by atoms with Gasteiger partial charge in [0.2, 0.25) is 0 Å². The van der Waals surface area contributed by atoms with E-state index < -0.39 is 0 Å². The summed E-state index contributed by atoms with van der Waals surface area (Å²) in [6.07, 6.45) is 3.52. The van der Waals surface area contributed by atoms with Crippen LogP contribution in [0.1, 0.15) is 47.0 Å². The number of nitrogens with one attached hydrogen (secondary N) is 2. The monoisotopic (exact) mass is 398 g/mol. The van der Waals surface area contributed by atoms with E-state index in [9.17, 15) is 0 Å². The Morgan fingerprint density at radius 1 is 1.25 bits per heavy atom. The van der Waals surface area contributed by atoms with Crippen LogP contribution in [0.3, 0.4) is 0 Å². The molecule has 20 heavy (non-hydrogen) atoms. The van der Waals surface area contributed by atoms with Gasteiger partial charge in [0, 0.05) is 19.6 Å². The molecule has 0 aromatic rings. The minimum absolute atomic E-state index is 0. The van der Waals surface area contributed by atoms with Crippen LogP contribution in [-0.4, -0.2) is 51.1 Å². The lowest BCUT2D eigenvalue weighted by atomic mass is 9.89. The molecule has 0 aromatic carbocycles. The molecule has 4 nitrogen and oxygen atoms in total. The predicted molar refractivity (Wildman–Crippen MR) is 101 cm³/mol.